The summed E-state index contributed by atoms with van der Waals surface area (Å²) in [6.45, 7) is 1.25. The van der Waals surface area contributed by atoms with E-state index in [0.717, 1.165) is 87.3 Å². The summed E-state index contributed by atoms with van der Waals surface area (Å²) in [5.74, 6) is 0.926. The fourth-order valence-corrected chi connectivity index (χ4v) is 8.32. The van der Waals surface area contributed by atoms with Crippen LogP contribution in [-0.4, -0.2) is 106 Å². The van der Waals surface area contributed by atoms with Crippen molar-refractivity contribution in [1.82, 2.24) is 45.3 Å². The molecule has 4 amide bonds. The molecule has 0 aliphatic carbocycles. The molecule has 0 radical (unpaired) electrons. The highest BCUT2D eigenvalue weighted by molar-refractivity contribution is 5.91. The number of rotatable bonds is 12. The van der Waals surface area contributed by atoms with Gasteiger partial charge in [0.25, 0.3) is 0 Å². The number of carbonyl (C=O) groups is 4. The van der Waals surface area contributed by atoms with Crippen LogP contribution in [-0.2, 0) is 19.1 Å². The number of H-pyrrole nitrogens is 2. The Morgan fingerprint density at radius 3 is 1.97 bits per heavy atom. The average Bonchev–Trinajstić information content (AvgIpc) is 4.11. The van der Waals surface area contributed by atoms with Gasteiger partial charge in [-0.15, -0.1) is 0 Å². The van der Waals surface area contributed by atoms with Gasteiger partial charge in [-0.2, -0.15) is 0 Å². The zero-order valence-electron chi connectivity index (χ0n) is 34.0. The zero-order valence-corrected chi connectivity index (χ0v) is 34.0. The number of alkyl carbamates (subject to hydrolysis) is 1. The summed E-state index contributed by atoms with van der Waals surface area (Å²) in [5.41, 5.74) is 6.63. The minimum atomic E-state index is -0.790. The second-order valence-electron chi connectivity index (χ2n) is 15.6. The molecule has 8 rings (SSSR count). The van der Waals surface area contributed by atoms with Crippen molar-refractivity contribution in [2.24, 2.45) is 0 Å². The predicted octanol–water partition coefficient (Wildman–Crippen LogP) is 6.39. The fraction of sp³-hybridized carbons (Fsp3) is 0.304. The van der Waals surface area contributed by atoms with Gasteiger partial charge in [-0.3, -0.25) is 14.4 Å². The molecule has 14 heteroatoms. The number of hydrogen-bond donors (Lipinski definition) is 4. The van der Waals surface area contributed by atoms with Crippen LogP contribution in [0.4, 0.5) is 4.79 Å². The first kappa shape index (κ1) is 40.0. The van der Waals surface area contributed by atoms with Crippen LogP contribution in [0.25, 0.3) is 44.4 Å². The summed E-state index contributed by atoms with van der Waals surface area (Å²) < 4.78 is 4.60. The van der Waals surface area contributed by atoms with Crippen LogP contribution < -0.4 is 10.6 Å². The molecule has 4 heterocycles. The molecule has 0 unspecified atom stereocenters. The number of methoxy groups -OCH3 is 1. The highest BCUT2D eigenvalue weighted by Gasteiger charge is 2.37. The quantitative estimate of drug-likeness (QED) is 0.110. The number of nitrogens with zero attached hydrogens (tertiary/aromatic N) is 5. The molecule has 0 saturated carbocycles. The maximum atomic E-state index is 14.1. The summed E-state index contributed by atoms with van der Waals surface area (Å²) in [7, 11) is 4.92. The second kappa shape index (κ2) is 17.6. The lowest BCUT2D eigenvalue weighted by atomic mass is 9.98. The van der Waals surface area contributed by atoms with Gasteiger partial charge < -0.3 is 40.0 Å². The van der Waals surface area contributed by atoms with E-state index in [1.54, 1.807) is 9.80 Å². The van der Waals surface area contributed by atoms with Gasteiger partial charge in [0, 0.05) is 18.7 Å². The van der Waals surface area contributed by atoms with Crippen LogP contribution in [0.1, 0.15) is 61.0 Å². The molecule has 2 aliphatic heterocycles. The van der Waals surface area contributed by atoms with Crippen molar-refractivity contribution in [3.63, 3.8) is 0 Å². The third-order valence-electron chi connectivity index (χ3n) is 11.3. The van der Waals surface area contributed by atoms with Crippen molar-refractivity contribution in [1.29, 1.82) is 0 Å². The molecular formula is C46H49N9O5. The van der Waals surface area contributed by atoms with Crippen molar-refractivity contribution in [2.45, 2.75) is 43.8 Å². The highest BCUT2D eigenvalue weighted by Crippen LogP contribution is 2.36. The molecule has 2 aliphatic rings. The number of aromatic nitrogens is 4. The molecular weight excluding hydrogens is 759 g/mol. The maximum Gasteiger partial charge on any atom is 0.407 e. The average molecular weight is 808 g/mol. The molecule has 2 aromatic heterocycles. The molecule has 3 atom stereocenters. The van der Waals surface area contributed by atoms with E-state index in [0.29, 0.717) is 13.1 Å². The lowest BCUT2D eigenvalue weighted by molar-refractivity contribution is -0.137. The Hall–Kier alpha value is -6.80. The Morgan fingerprint density at radius 2 is 1.32 bits per heavy atom. The van der Waals surface area contributed by atoms with Crippen LogP contribution >= 0.6 is 0 Å². The van der Waals surface area contributed by atoms with E-state index in [1.165, 1.54) is 7.11 Å². The lowest BCUT2D eigenvalue weighted by Gasteiger charge is -2.29. The number of amides is 4. The SMILES string of the molecule is COC(=O)NCC(=O)N1CCC[C@H]1c1ncc(-c2ccc3cc(-c4ccc(-c5cnc([C@@H]6CCCN6C(=O)[C@H](NC(=O)CN(C)C)c6ccccc6)[nH]5)cc4)ccc3c2)[nH]1. The van der Waals surface area contributed by atoms with E-state index < -0.39 is 12.1 Å². The number of fused-ring (bicyclic) bond motifs is 1. The summed E-state index contributed by atoms with van der Waals surface area (Å²) in [6.07, 6.45) is 6.26. The van der Waals surface area contributed by atoms with E-state index in [-0.39, 0.29) is 42.9 Å². The monoisotopic (exact) mass is 807 g/mol. The first-order valence-corrected chi connectivity index (χ1v) is 20.3. The molecule has 0 spiro atoms. The first-order chi connectivity index (χ1) is 29.1. The third kappa shape index (κ3) is 8.64. The Balaban J connectivity index is 0.935. The number of imidazole rings is 2. The number of hydrogen-bond acceptors (Lipinski definition) is 8. The van der Waals surface area contributed by atoms with Gasteiger partial charge in [-0.25, -0.2) is 14.8 Å². The topological polar surface area (TPSA) is 169 Å². The van der Waals surface area contributed by atoms with Crippen LogP contribution in [0.15, 0.2) is 103 Å². The first-order valence-electron chi connectivity index (χ1n) is 20.3. The molecule has 308 valence electrons. The van der Waals surface area contributed by atoms with Crippen molar-refractivity contribution >= 4 is 34.6 Å². The van der Waals surface area contributed by atoms with Gasteiger partial charge in [0.2, 0.25) is 17.7 Å². The largest absolute Gasteiger partial charge is 0.453 e. The minimum Gasteiger partial charge on any atom is -0.453 e. The molecule has 60 heavy (non-hydrogen) atoms. The zero-order chi connectivity index (χ0) is 41.8. The van der Waals surface area contributed by atoms with E-state index in [1.807, 2.05) is 61.7 Å². The standard InChI is InChI=1S/C46H49N9O5/c1-53(2)28-40(56)52-42(31-9-5-4-6-10-31)45(58)55-22-8-12-39(55)44-47-25-36(50-44)30-15-13-29(14-16-30)32-17-18-34-24-35(20-19-33(34)23-32)37-26-48-43(51-37)38-11-7-21-54(38)41(57)27-49-46(59)60-3/h4-6,9-10,13-20,23-26,38-39,42H,7-8,11-12,21-22,27-28H2,1-3H3,(H,47,50)(H,48,51)(H,49,59)(H,52,56)/t38-,39-,42+/m0/s1. The van der Waals surface area contributed by atoms with Gasteiger partial charge in [0.15, 0.2) is 0 Å². The highest BCUT2D eigenvalue weighted by atomic mass is 16.5. The maximum absolute atomic E-state index is 14.1. The van der Waals surface area contributed by atoms with Gasteiger partial charge in [-0.05, 0) is 84.9 Å². The molecule has 2 fully saturated rings. The number of likely N-dealkylation sites (tertiary alicyclic amines) is 2. The summed E-state index contributed by atoms with van der Waals surface area (Å²) in [4.78, 5) is 73.0. The van der Waals surface area contributed by atoms with E-state index in [4.69, 9.17) is 4.98 Å². The van der Waals surface area contributed by atoms with Crippen LogP contribution in [0.3, 0.4) is 0 Å². The molecule has 4 N–H and O–H groups in total. The van der Waals surface area contributed by atoms with Crippen molar-refractivity contribution in [2.75, 3.05) is 47.4 Å². The number of ether oxygens (including phenoxy) is 1. The van der Waals surface area contributed by atoms with Crippen molar-refractivity contribution in [3.05, 3.63) is 121 Å². The van der Waals surface area contributed by atoms with Gasteiger partial charge in [-0.1, -0.05) is 78.9 Å². The molecule has 0 bridgehead atoms. The predicted molar refractivity (Wildman–Crippen MR) is 228 cm³/mol. The number of aromatic amines is 2. The Morgan fingerprint density at radius 1 is 0.750 bits per heavy atom. The molecule has 14 nitrogen and oxygen atoms in total. The normalized spacial score (nSPS) is 16.9. The van der Waals surface area contributed by atoms with Gasteiger partial charge in [0.1, 0.15) is 24.2 Å². The summed E-state index contributed by atoms with van der Waals surface area (Å²) in [5, 5.41) is 7.64. The van der Waals surface area contributed by atoms with E-state index in [2.05, 4.69) is 91.0 Å². The van der Waals surface area contributed by atoms with Gasteiger partial charge >= 0.3 is 6.09 Å². The smallest absolute Gasteiger partial charge is 0.407 e. The number of likely N-dealkylation sites (N-methyl/N-ethyl adjacent to an activating group) is 1. The van der Waals surface area contributed by atoms with Crippen LogP contribution in [0.5, 0.6) is 0 Å². The fourth-order valence-electron chi connectivity index (χ4n) is 8.32. The second-order valence-corrected chi connectivity index (χ2v) is 15.6. The van der Waals surface area contributed by atoms with Crippen molar-refractivity contribution in [3.8, 4) is 33.6 Å². The number of carbonyl (C=O) groups excluding carboxylic acids is 4. The number of nitrogens with one attached hydrogen (secondary N) is 4. The molecule has 4 aromatic carbocycles. The summed E-state index contributed by atoms with van der Waals surface area (Å²) in [6, 6.07) is 29.3. The van der Waals surface area contributed by atoms with Gasteiger partial charge in [0.05, 0.1) is 49.5 Å². The Kier molecular flexibility index (Phi) is 11.7. The summed E-state index contributed by atoms with van der Waals surface area (Å²) >= 11 is 0. The third-order valence-corrected chi connectivity index (χ3v) is 11.3. The number of benzene rings is 4. The van der Waals surface area contributed by atoms with E-state index in [9.17, 15) is 19.2 Å². The van der Waals surface area contributed by atoms with Crippen LogP contribution in [0, 0.1) is 0 Å². The van der Waals surface area contributed by atoms with E-state index >= 15 is 0 Å². The minimum absolute atomic E-state index is 0.124. The Labute approximate surface area is 348 Å². The molecule has 6 aromatic rings. The van der Waals surface area contributed by atoms with Crippen LogP contribution in [0.2, 0.25) is 0 Å². The van der Waals surface area contributed by atoms with Crippen molar-refractivity contribution < 1.29 is 23.9 Å². The lowest BCUT2D eigenvalue weighted by Crippen LogP contribution is -2.45. The molecule has 2 saturated heterocycles. The Bertz CT molecular complexity index is 2500.